The minimum absolute atomic E-state index is 0.177. The number of hydrogen-bond donors (Lipinski definition) is 2. The Morgan fingerprint density at radius 3 is 2.86 bits per heavy atom. The first-order valence-electron chi connectivity index (χ1n) is 7.48. The molecule has 1 heterocycles. The van der Waals surface area contributed by atoms with E-state index >= 15 is 0 Å². The van der Waals surface area contributed by atoms with Crippen molar-refractivity contribution in [2.45, 2.75) is 44.6 Å². The van der Waals surface area contributed by atoms with Crippen molar-refractivity contribution in [1.29, 1.82) is 0 Å². The number of aromatic nitrogens is 2. The molecular weight excluding hydrogens is 268 g/mol. The summed E-state index contributed by atoms with van der Waals surface area (Å²) in [5.41, 5.74) is 2.04. The molecule has 21 heavy (non-hydrogen) atoms. The molecule has 1 saturated carbocycles. The summed E-state index contributed by atoms with van der Waals surface area (Å²) in [6.07, 6.45) is 3.91. The standard InChI is InChI=1S/C16H20N2O3/c1-10(3-2-8-19)18-14-9-12(16(20)21)6-7-13(14)17-15(18)11-4-5-11/h6-7,9-11,19H,2-5,8H2,1H3,(H,20,21). The molecule has 1 aromatic heterocycles. The van der Waals surface area contributed by atoms with Crippen molar-refractivity contribution in [3.8, 4) is 0 Å². The molecular formula is C16H20N2O3. The van der Waals surface area contributed by atoms with Crippen molar-refractivity contribution in [2.24, 2.45) is 0 Å². The zero-order chi connectivity index (χ0) is 15.0. The van der Waals surface area contributed by atoms with E-state index in [4.69, 9.17) is 10.1 Å². The smallest absolute Gasteiger partial charge is 0.335 e. The predicted octanol–water partition coefficient (Wildman–Crippen LogP) is 2.95. The quantitative estimate of drug-likeness (QED) is 0.857. The van der Waals surface area contributed by atoms with Crippen LogP contribution in [-0.2, 0) is 0 Å². The Labute approximate surface area is 123 Å². The molecule has 2 aromatic rings. The van der Waals surface area contributed by atoms with Gasteiger partial charge in [-0.1, -0.05) is 0 Å². The molecule has 0 radical (unpaired) electrons. The summed E-state index contributed by atoms with van der Waals surface area (Å²) in [4.78, 5) is 15.9. The van der Waals surface area contributed by atoms with E-state index in [1.807, 2.05) is 0 Å². The first-order chi connectivity index (χ1) is 10.1. The van der Waals surface area contributed by atoms with E-state index < -0.39 is 5.97 Å². The van der Waals surface area contributed by atoms with Gasteiger partial charge in [-0.05, 0) is 50.8 Å². The van der Waals surface area contributed by atoms with Crippen LogP contribution in [-0.4, -0.2) is 32.3 Å². The molecule has 0 aliphatic heterocycles. The fraction of sp³-hybridized carbons (Fsp3) is 0.500. The number of fused-ring (bicyclic) bond motifs is 1. The monoisotopic (exact) mass is 288 g/mol. The lowest BCUT2D eigenvalue weighted by atomic mass is 10.1. The molecule has 3 rings (SSSR count). The molecule has 0 spiro atoms. The summed E-state index contributed by atoms with van der Waals surface area (Å²) < 4.78 is 2.18. The van der Waals surface area contributed by atoms with Crippen LogP contribution in [0.4, 0.5) is 0 Å². The number of aliphatic hydroxyl groups is 1. The molecule has 5 nitrogen and oxygen atoms in total. The Kier molecular flexibility index (Phi) is 3.68. The molecule has 1 aromatic carbocycles. The molecule has 0 amide bonds. The average molecular weight is 288 g/mol. The summed E-state index contributed by atoms with van der Waals surface area (Å²) in [6.45, 7) is 2.28. The summed E-state index contributed by atoms with van der Waals surface area (Å²) in [5, 5.41) is 18.2. The molecule has 0 saturated heterocycles. The highest BCUT2D eigenvalue weighted by Gasteiger charge is 2.31. The molecule has 1 aliphatic carbocycles. The van der Waals surface area contributed by atoms with Crippen molar-refractivity contribution in [2.75, 3.05) is 6.61 Å². The van der Waals surface area contributed by atoms with E-state index in [2.05, 4.69) is 11.5 Å². The van der Waals surface area contributed by atoms with Gasteiger partial charge in [0.15, 0.2) is 0 Å². The lowest BCUT2D eigenvalue weighted by Crippen LogP contribution is -2.10. The first-order valence-corrected chi connectivity index (χ1v) is 7.48. The number of carbonyl (C=O) groups is 1. The van der Waals surface area contributed by atoms with Gasteiger partial charge < -0.3 is 14.8 Å². The lowest BCUT2D eigenvalue weighted by Gasteiger charge is -2.17. The van der Waals surface area contributed by atoms with Crippen LogP contribution in [0.15, 0.2) is 18.2 Å². The minimum atomic E-state index is -0.916. The maximum Gasteiger partial charge on any atom is 0.335 e. The third-order valence-electron chi connectivity index (χ3n) is 4.13. The molecule has 1 atom stereocenters. The van der Waals surface area contributed by atoms with Gasteiger partial charge in [0, 0.05) is 18.6 Å². The van der Waals surface area contributed by atoms with E-state index in [-0.39, 0.29) is 12.6 Å². The van der Waals surface area contributed by atoms with E-state index in [1.165, 1.54) is 0 Å². The van der Waals surface area contributed by atoms with Crippen molar-refractivity contribution >= 4 is 17.0 Å². The van der Waals surface area contributed by atoms with Gasteiger partial charge in [0.1, 0.15) is 5.82 Å². The van der Waals surface area contributed by atoms with Crippen LogP contribution in [0.2, 0.25) is 0 Å². The topological polar surface area (TPSA) is 75.3 Å². The molecule has 1 aliphatic rings. The van der Waals surface area contributed by atoms with Gasteiger partial charge in [0.25, 0.3) is 0 Å². The van der Waals surface area contributed by atoms with Gasteiger partial charge >= 0.3 is 5.97 Å². The number of aliphatic hydroxyl groups excluding tert-OH is 1. The Bertz CT molecular complexity index is 673. The van der Waals surface area contributed by atoms with E-state index in [0.717, 1.165) is 42.5 Å². The third kappa shape index (κ3) is 2.65. The number of imidazole rings is 1. The van der Waals surface area contributed by atoms with Crippen LogP contribution in [0, 0.1) is 0 Å². The largest absolute Gasteiger partial charge is 0.478 e. The number of aromatic carboxylic acids is 1. The lowest BCUT2D eigenvalue weighted by molar-refractivity contribution is 0.0697. The Hall–Kier alpha value is -1.88. The fourth-order valence-electron chi connectivity index (χ4n) is 2.85. The molecule has 1 fully saturated rings. The minimum Gasteiger partial charge on any atom is -0.478 e. The highest BCUT2D eigenvalue weighted by molar-refractivity contribution is 5.92. The van der Waals surface area contributed by atoms with Crippen LogP contribution in [0.3, 0.4) is 0 Å². The van der Waals surface area contributed by atoms with Gasteiger partial charge in [-0.25, -0.2) is 9.78 Å². The normalized spacial score (nSPS) is 16.3. The SMILES string of the molecule is CC(CCCO)n1c(C2CC2)nc2ccc(C(=O)O)cc21. The number of hydrogen-bond acceptors (Lipinski definition) is 3. The van der Waals surface area contributed by atoms with Crippen molar-refractivity contribution < 1.29 is 15.0 Å². The van der Waals surface area contributed by atoms with Gasteiger partial charge in [0.05, 0.1) is 16.6 Å². The third-order valence-corrected chi connectivity index (χ3v) is 4.13. The molecule has 5 heteroatoms. The highest BCUT2D eigenvalue weighted by atomic mass is 16.4. The number of nitrogens with zero attached hydrogens (tertiary/aromatic N) is 2. The van der Waals surface area contributed by atoms with E-state index in [0.29, 0.717) is 11.5 Å². The van der Waals surface area contributed by atoms with E-state index in [9.17, 15) is 9.90 Å². The van der Waals surface area contributed by atoms with E-state index in [1.54, 1.807) is 18.2 Å². The second-order valence-electron chi connectivity index (χ2n) is 5.84. The second kappa shape index (κ2) is 5.48. The first kappa shape index (κ1) is 14.1. The number of benzene rings is 1. The highest BCUT2D eigenvalue weighted by Crippen LogP contribution is 2.42. The maximum absolute atomic E-state index is 11.2. The molecule has 112 valence electrons. The summed E-state index contributed by atoms with van der Waals surface area (Å²) in [6, 6.07) is 5.32. The molecule has 1 unspecified atom stereocenters. The Balaban J connectivity index is 2.09. The summed E-state index contributed by atoms with van der Waals surface area (Å²) in [5.74, 6) is 0.654. The zero-order valence-corrected chi connectivity index (χ0v) is 12.1. The predicted molar refractivity (Wildman–Crippen MR) is 79.7 cm³/mol. The average Bonchev–Trinajstić information content (AvgIpc) is 3.24. The Morgan fingerprint density at radius 1 is 1.48 bits per heavy atom. The molecule has 0 bridgehead atoms. The molecule has 2 N–H and O–H groups in total. The summed E-state index contributed by atoms with van der Waals surface area (Å²) in [7, 11) is 0. The number of rotatable bonds is 6. The van der Waals surface area contributed by atoms with Gasteiger partial charge in [-0.3, -0.25) is 0 Å². The summed E-state index contributed by atoms with van der Waals surface area (Å²) >= 11 is 0. The van der Waals surface area contributed by atoms with Crippen molar-refractivity contribution in [3.63, 3.8) is 0 Å². The zero-order valence-electron chi connectivity index (χ0n) is 12.1. The van der Waals surface area contributed by atoms with Crippen LogP contribution in [0.1, 0.15) is 60.7 Å². The fourth-order valence-corrected chi connectivity index (χ4v) is 2.85. The van der Waals surface area contributed by atoms with Gasteiger partial charge in [0.2, 0.25) is 0 Å². The van der Waals surface area contributed by atoms with Gasteiger partial charge in [-0.2, -0.15) is 0 Å². The van der Waals surface area contributed by atoms with Crippen molar-refractivity contribution in [3.05, 3.63) is 29.6 Å². The van der Waals surface area contributed by atoms with Crippen LogP contribution in [0.5, 0.6) is 0 Å². The maximum atomic E-state index is 11.2. The Morgan fingerprint density at radius 2 is 2.24 bits per heavy atom. The van der Waals surface area contributed by atoms with Crippen LogP contribution in [0.25, 0.3) is 11.0 Å². The van der Waals surface area contributed by atoms with Gasteiger partial charge in [-0.15, -0.1) is 0 Å². The number of carboxylic acids is 1. The second-order valence-corrected chi connectivity index (χ2v) is 5.84. The van der Waals surface area contributed by atoms with Crippen LogP contribution < -0.4 is 0 Å². The van der Waals surface area contributed by atoms with Crippen LogP contribution >= 0.6 is 0 Å². The van der Waals surface area contributed by atoms with Crippen molar-refractivity contribution in [1.82, 2.24) is 9.55 Å². The number of carboxylic acid groups (broad SMARTS) is 1.